The molecule has 0 radical (unpaired) electrons. The maximum Gasteiger partial charge on any atom is 0.241 e. The highest BCUT2D eigenvalue weighted by Crippen LogP contribution is 2.35. The third kappa shape index (κ3) is 2.31. The second-order valence-electron chi connectivity index (χ2n) is 5.27. The average molecular weight is 282 g/mol. The van der Waals surface area contributed by atoms with Gasteiger partial charge < -0.3 is 10.5 Å². The Morgan fingerprint density at radius 3 is 2.76 bits per heavy atom. The molecule has 5 heteroatoms. The summed E-state index contributed by atoms with van der Waals surface area (Å²) in [5, 5.41) is 5.39. The van der Waals surface area contributed by atoms with Crippen molar-refractivity contribution in [2.45, 2.75) is 26.8 Å². The predicted octanol–water partition coefficient (Wildman–Crippen LogP) is 3.70. The molecule has 0 bridgehead atoms. The summed E-state index contributed by atoms with van der Waals surface area (Å²) >= 11 is 0. The molecule has 0 atom stereocenters. The number of anilines is 1. The van der Waals surface area contributed by atoms with Gasteiger partial charge in [-0.1, -0.05) is 6.07 Å². The van der Waals surface area contributed by atoms with Crippen LogP contribution in [0, 0.1) is 6.92 Å². The number of aryl methyl sites for hydroxylation is 1. The van der Waals surface area contributed by atoms with Crippen LogP contribution in [0.3, 0.4) is 0 Å². The van der Waals surface area contributed by atoms with E-state index >= 15 is 0 Å². The standard InChI is InChI=1S/C16H18N4O/c1-10(2)20-16(15(17)11(3)19-20)21-14-8-4-7-13-12(14)6-5-9-18-13/h4-10H,17H2,1-3H3. The zero-order valence-electron chi connectivity index (χ0n) is 12.4. The molecule has 3 aromatic rings. The number of benzene rings is 1. The Morgan fingerprint density at radius 2 is 2.00 bits per heavy atom. The van der Waals surface area contributed by atoms with Gasteiger partial charge in [-0.2, -0.15) is 5.10 Å². The lowest BCUT2D eigenvalue weighted by Gasteiger charge is -2.13. The van der Waals surface area contributed by atoms with E-state index < -0.39 is 0 Å². The summed E-state index contributed by atoms with van der Waals surface area (Å²) in [6.07, 6.45) is 1.77. The molecule has 0 aliphatic heterocycles. The largest absolute Gasteiger partial charge is 0.437 e. The Kier molecular flexibility index (Phi) is 3.25. The van der Waals surface area contributed by atoms with Gasteiger partial charge in [0.15, 0.2) is 0 Å². The van der Waals surface area contributed by atoms with Crippen LogP contribution in [0.2, 0.25) is 0 Å². The summed E-state index contributed by atoms with van der Waals surface area (Å²) < 4.78 is 7.88. The summed E-state index contributed by atoms with van der Waals surface area (Å²) in [6.45, 7) is 5.97. The van der Waals surface area contributed by atoms with Crippen LogP contribution in [0.25, 0.3) is 10.9 Å². The summed E-state index contributed by atoms with van der Waals surface area (Å²) in [5.41, 5.74) is 8.35. The van der Waals surface area contributed by atoms with Gasteiger partial charge in [0.1, 0.15) is 11.4 Å². The molecule has 1 aromatic carbocycles. The topological polar surface area (TPSA) is 66.0 Å². The lowest BCUT2D eigenvalue weighted by molar-refractivity contribution is 0.392. The highest BCUT2D eigenvalue weighted by molar-refractivity contribution is 5.85. The molecular weight excluding hydrogens is 264 g/mol. The minimum absolute atomic E-state index is 0.170. The van der Waals surface area contributed by atoms with Crippen molar-refractivity contribution in [3.63, 3.8) is 0 Å². The Balaban J connectivity index is 2.11. The van der Waals surface area contributed by atoms with Crippen LogP contribution in [0.15, 0.2) is 36.5 Å². The molecule has 0 aliphatic rings. The molecular formula is C16H18N4O. The fourth-order valence-electron chi connectivity index (χ4n) is 2.26. The van der Waals surface area contributed by atoms with E-state index in [1.165, 1.54) is 0 Å². The molecule has 108 valence electrons. The lowest BCUT2D eigenvalue weighted by Crippen LogP contribution is -2.05. The van der Waals surface area contributed by atoms with Crippen molar-refractivity contribution in [3.05, 3.63) is 42.2 Å². The SMILES string of the molecule is Cc1nn(C(C)C)c(Oc2cccc3ncccc23)c1N. The van der Waals surface area contributed by atoms with Crippen LogP contribution in [-0.2, 0) is 0 Å². The summed E-state index contributed by atoms with van der Waals surface area (Å²) in [4.78, 5) is 4.33. The molecule has 3 rings (SSSR count). The first-order chi connectivity index (χ1) is 10.1. The average Bonchev–Trinajstić information content (AvgIpc) is 2.76. The fraction of sp³-hybridized carbons (Fsp3) is 0.250. The molecule has 0 saturated heterocycles. The molecule has 21 heavy (non-hydrogen) atoms. The smallest absolute Gasteiger partial charge is 0.241 e. The Bertz CT molecular complexity index is 787. The van der Waals surface area contributed by atoms with E-state index in [0.717, 1.165) is 22.3 Å². The minimum atomic E-state index is 0.170. The molecule has 2 aromatic heterocycles. The van der Waals surface area contributed by atoms with Gasteiger partial charge in [-0.15, -0.1) is 0 Å². The van der Waals surface area contributed by atoms with Crippen LogP contribution >= 0.6 is 0 Å². The van der Waals surface area contributed by atoms with Crippen molar-refractivity contribution in [1.82, 2.24) is 14.8 Å². The van der Waals surface area contributed by atoms with E-state index in [9.17, 15) is 0 Å². The summed E-state index contributed by atoms with van der Waals surface area (Å²) in [7, 11) is 0. The van der Waals surface area contributed by atoms with E-state index in [-0.39, 0.29) is 6.04 Å². The highest BCUT2D eigenvalue weighted by Gasteiger charge is 2.17. The first kappa shape index (κ1) is 13.4. The number of rotatable bonds is 3. The number of nitrogens with two attached hydrogens (primary N) is 1. The van der Waals surface area contributed by atoms with Crippen LogP contribution < -0.4 is 10.5 Å². The van der Waals surface area contributed by atoms with Gasteiger partial charge in [0.2, 0.25) is 5.88 Å². The molecule has 2 heterocycles. The van der Waals surface area contributed by atoms with Crippen molar-refractivity contribution in [2.24, 2.45) is 0 Å². The third-order valence-electron chi connectivity index (χ3n) is 3.39. The molecule has 5 nitrogen and oxygen atoms in total. The van der Waals surface area contributed by atoms with Crippen molar-refractivity contribution in [3.8, 4) is 11.6 Å². The van der Waals surface area contributed by atoms with Crippen molar-refractivity contribution in [1.29, 1.82) is 0 Å². The quantitative estimate of drug-likeness (QED) is 0.795. The molecule has 2 N–H and O–H groups in total. The lowest BCUT2D eigenvalue weighted by atomic mass is 10.2. The first-order valence-corrected chi connectivity index (χ1v) is 6.94. The van der Waals surface area contributed by atoms with Crippen molar-refractivity contribution < 1.29 is 4.74 Å². The van der Waals surface area contributed by atoms with E-state index in [0.29, 0.717) is 11.6 Å². The van der Waals surface area contributed by atoms with Gasteiger partial charge in [0.05, 0.1) is 17.3 Å². The van der Waals surface area contributed by atoms with Crippen LogP contribution in [-0.4, -0.2) is 14.8 Å². The number of hydrogen-bond donors (Lipinski definition) is 1. The number of nitrogens with zero attached hydrogens (tertiary/aromatic N) is 3. The second kappa shape index (κ2) is 5.09. The normalized spacial score (nSPS) is 11.2. The van der Waals surface area contributed by atoms with E-state index in [1.807, 2.05) is 51.1 Å². The molecule has 0 fully saturated rings. The molecule has 0 aliphatic carbocycles. The number of fused-ring (bicyclic) bond motifs is 1. The van der Waals surface area contributed by atoms with Gasteiger partial charge in [-0.05, 0) is 45.0 Å². The van der Waals surface area contributed by atoms with E-state index in [1.54, 1.807) is 10.9 Å². The number of aromatic nitrogens is 3. The van der Waals surface area contributed by atoms with Crippen molar-refractivity contribution >= 4 is 16.6 Å². The number of pyridine rings is 1. The van der Waals surface area contributed by atoms with E-state index in [4.69, 9.17) is 10.5 Å². The van der Waals surface area contributed by atoms with Crippen LogP contribution in [0.4, 0.5) is 5.69 Å². The van der Waals surface area contributed by atoms with Gasteiger partial charge in [-0.25, -0.2) is 4.68 Å². The molecule has 0 saturated carbocycles. The molecule has 0 amide bonds. The first-order valence-electron chi connectivity index (χ1n) is 6.94. The number of ether oxygens (including phenoxy) is 1. The van der Waals surface area contributed by atoms with Crippen molar-refractivity contribution in [2.75, 3.05) is 5.73 Å². The molecule has 0 unspecified atom stereocenters. The number of nitrogen functional groups attached to an aromatic ring is 1. The van der Waals surface area contributed by atoms with Crippen LogP contribution in [0.5, 0.6) is 11.6 Å². The Hall–Kier alpha value is -2.56. The highest BCUT2D eigenvalue weighted by atomic mass is 16.5. The van der Waals surface area contributed by atoms with Gasteiger partial charge in [-0.3, -0.25) is 4.98 Å². The number of hydrogen-bond acceptors (Lipinski definition) is 4. The fourth-order valence-corrected chi connectivity index (χ4v) is 2.26. The van der Waals surface area contributed by atoms with Crippen LogP contribution in [0.1, 0.15) is 25.6 Å². The summed E-state index contributed by atoms with van der Waals surface area (Å²) in [6, 6.07) is 9.83. The van der Waals surface area contributed by atoms with Gasteiger partial charge in [0, 0.05) is 11.6 Å². The third-order valence-corrected chi connectivity index (χ3v) is 3.39. The zero-order valence-corrected chi connectivity index (χ0v) is 12.4. The van der Waals surface area contributed by atoms with E-state index in [2.05, 4.69) is 10.1 Å². The maximum atomic E-state index is 6.11. The Labute approximate surface area is 123 Å². The molecule has 0 spiro atoms. The Morgan fingerprint density at radius 1 is 1.19 bits per heavy atom. The van der Waals surface area contributed by atoms with Gasteiger partial charge in [0.25, 0.3) is 0 Å². The predicted molar refractivity (Wildman–Crippen MR) is 83.6 cm³/mol. The zero-order chi connectivity index (χ0) is 15.0. The second-order valence-corrected chi connectivity index (χ2v) is 5.27. The maximum absolute atomic E-state index is 6.11. The monoisotopic (exact) mass is 282 g/mol. The minimum Gasteiger partial charge on any atom is -0.437 e. The summed E-state index contributed by atoms with van der Waals surface area (Å²) in [5.74, 6) is 1.31. The van der Waals surface area contributed by atoms with Gasteiger partial charge >= 0.3 is 0 Å².